The molecule has 0 aromatic carbocycles. The highest BCUT2D eigenvalue weighted by molar-refractivity contribution is 5.05. The second-order valence-corrected chi connectivity index (χ2v) is 13.4. The Morgan fingerprint density at radius 3 is 1.37 bits per heavy atom. The third-order valence-electron chi connectivity index (χ3n) is 7.69. The van der Waals surface area contributed by atoms with Gasteiger partial charge in [-0.15, -0.1) is 0 Å². The predicted molar refractivity (Wildman–Crippen MR) is 130 cm³/mol. The van der Waals surface area contributed by atoms with Crippen LogP contribution in [0.15, 0.2) is 0 Å². The van der Waals surface area contributed by atoms with E-state index in [0.29, 0.717) is 18.2 Å². The van der Waals surface area contributed by atoms with Crippen LogP contribution in [0.4, 0.5) is 0 Å². The lowest BCUT2D eigenvalue weighted by Crippen LogP contribution is -2.69. The van der Waals surface area contributed by atoms with Gasteiger partial charge >= 0.3 is 0 Å². The monoisotopic (exact) mass is 420 g/mol. The maximum Gasteiger partial charge on any atom is 0.0627 e. The summed E-state index contributed by atoms with van der Waals surface area (Å²) < 4.78 is 0. The van der Waals surface area contributed by atoms with Crippen molar-refractivity contribution < 1.29 is 0 Å². The lowest BCUT2D eigenvalue weighted by molar-refractivity contribution is -0.0897. The van der Waals surface area contributed by atoms with Gasteiger partial charge in [0.1, 0.15) is 0 Å². The number of nitrogens with zero attached hydrogens (tertiary/aromatic N) is 2. The maximum absolute atomic E-state index is 3.91. The Labute approximate surface area is 187 Å². The van der Waals surface area contributed by atoms with Gasteiger partial charge in [-0.05, 0) is 93.9 Å². The number of nitrogens with one attached hydrogen (secondary N) is 2. The fraction of sp³-hybridized carbons (Fsp3) is 1.00. The van der Waals surface area contributed by atoms with Crippen molar-refractivity contribution in [2.45, 2.75) is 154 Å². The van der Waals surface area contributed by atoms with Crippen LogP contribution in [0.25, 0.3) is 0 Å². The van der Waals surface area contributed by atoms with Gasteiger partial charge in [0.05, 0.1) is 6.17 Å². The molecule has 2 N–H and O–H groups in total. The molecule has 0 aliphatic carbocycles. The summed E-state index contributed by atoms with van der Waals surface area (Å²) in [6.07, 6.45) is 10.9. The summed E-state index contributed by atoms with van der Waals surface area (Å²) in [6.45, 7) is 24.1. The Morgan fingerprint density at radius 1 is 0.667 bits per heavy atom. The first-order valence-electron chi connectivity index (χ1n) is 12.8. The minimum atomic E-state index is 0.211. The fourth-order valence-corrected chi connectivity index (χ4v) is 7.50. The van der Waals surface area contributed by atoms with Crippen LogP contribution in [0.3, 0.4) is 0 Å². The molecule has 3 aliphatic heterocycles. The Morgan fingerprint density at radius 2 is 1.03 bits per heavy atom. The number of piperidine rings is 2. The molecule has 30 heavy (non-hydrogen) atoms. The predicted octanol–water partition coefficient (Wildman–Crippen LogP) is 5.13. The molecule has 0 radical (unpaired) electrons. The number of unbranched alkanes of at least 4 members (excludes halogenated alkanes) is 1. The number of rotatable bonds is 5. The van der Waals surface area contributed by atoms with Gasteiger partial charge in [-0.25, -0.2) is 0 Å². The van der Waals surface area contributed by atoms with Gasteiger partial charge < -0.3 is 10.6 Å². The van der Waals surface area contributed by atoms with Crippen LogP contribution >= 0.6 is 0 Å². The van der Waals surface area contributed by atoms with E-state index in [1.807, 2.05) is 0 Å². The molecule has 4 nitrogen and oxygen atoms in total. The van der Waals surface area contributed by atoms with Gasteiger partial charge in [-0.3, -0.25) is 9.80 Å². The Bertz CT molecular complexity index is 502. The average molecular weight is 421 g/mol. The fourth-order valence-electron chi connectivity index (χ4n) is 7.50. The van der Waals surface area contributed by atoms with Crippen LogP contribution in [-0.4, -0.2) is 63.3 Å². The molecule has 0 aromatic heterocycles. The van der Waals surface area contributed by atoms with E-state index in [4.69, 9.17) is 0 Å². The summed E-state index contributed by atoms with van der Waals surface area (Å²) in [4.78, 5) is 5.90. The molecule has 3 fully saturated rings. The first-order chi connectivity index (χ1) is 13.7. The molecule has 0 spiro atoms. The van der Waals surface area contributed by atoms with Crippen molar-refractivity contribution in [2.75, 3.05) is 13.1 Å². The van der Waals surface area contributed by atoms with Crippen LogP contribution in [-0.2, 0) is 0 Å². The molecule has 0 atom stereocenters. The van der Waals surface area contributed by atoms with Crippen molar-refractivity contribution in [3.05, 3.63) is 0 Å². The summed E-state index contributed by atoms with van der Waals surface area (Å²) in [7, 11) is 0. The molecule has 0 unspecified atom stereocenters. The number of hydrogen-bond donors (Lipinski definition) is 2. The summed E-state index contributed by atoms with van der Waals surface area (Å²) in [6, 6.07) is 1.37. The zero-order valence-corrected chi connectivity index (χ0v) is 21.7. The van der Waals surface area contributed by atoms with Crippen LogP contribution in [0.5, 0.6) is 0 Å². The van der Waals surface area contributed by atoms with Gasteiger partial charge in [-0.2, -0.15) is 0 Å². The molecule has 0 aromatic rings. The average Bonchev–Trinajstić information content (AvgIpc) is 2.54. The standard InChI is InChI=1S/C26H52N4/c1-10-11-13-22-29(20-16-23(2,3)27-24(4,5)17-20)14-12-15-30(22)21-18-25(6,7)28-26(8,9)19-21/h20-22,27-28H,10-19H2,1-9H3. The summed E-state index contributed by atoms with van der Waals surface area (Å²) in [5.41, 5.74) is 0.844. The molecule has 3 rings (SSSR count). The maximum atomic E-state index is 3.91. The van der Waals surface area contributed by atoms with Gasteiger partial charge in [0.25, 0.3) is 0 Å². The smallest absolute Gasteiger partial charge is 0.0627 e. The molecule has 3 aliphatic rings. The van der Waals surface area contributed by atoms with Crippen LogP contribution < -0.4 is 10.6 Å². The largest absolute Gasteiger partial charge is 0.307 e. The Balaban J connectivity index is 1.85. The van der Waals surface area contributed by atoms with Gasteiger partial charge in [0.15, 0.2) is 0 Å². The van der Waals surface area contributed by atoms with Crippen molar-refractivity contribution in [1.29, 1.82) is 0 Å². The van der Waals surface area contributed by atoms with Crippen molar-refractivity contribution >= 4 is 0 Å². The Kier molecular flexibility index (Phi) is 7.06. The van der Waals surface area contributed by atoms with E-state index in [1.165, 1.54) is 64.5 Å². The molecule has 0 bridgehead atoms. The third-order valence-corrected chi connectivity index (χ3v) is 7.69. The van der Waals surface area contributed by atoms with Crippen LogP contribution in [0.2, 0.25) is 0 Å². The van der Waals surface area contributed by atoms with Gasteiger partial charge in [-0.1, -0.05) is 19.8 Å². The van der Waals surface area contributed by atoms with E-state index in [-0.39, 0.29) is 22.2 Å². The quantitative estimate of drug-likeness (QED) is 0.645. The van der Waals surface area contributed by atoms with E-state index in [1.54, 1.807) is 0 Å². The molecule has 3 heterocycles. The highest BCUT2D eigenvalue weighted by Crippen LogP contribution is 2.39. The zero-order chi connectivity index (χ0) is 22.4. The minimum absolute atomic E-state index is 0.211. The van der Waals surface area contributed by atoms with Crippen molar-refractivity contribution in [2.24, 2.45) is 0 Å². The summed E-state index contributed by atoms with van der Waals surface area (Å²) in [5, 5.41) is 7.81. The van der Waals surface area contributed by atoms with E-state index in [2.05, 4.69) is 82.7 Å². The van der Waals surface area contributed by atoms with Gasteiger partial charge in [0, 0.05) is 47.3 Å². The van der Waals surface area contributed by atoms with Crippen molar-refractivity contribution in [3.63, 3.8) is 0 Å². The third kappa shape index (κ3) is 5.99. The first kappa shape index (κ1) is 24.5. The molecular weight excluding hydrogens is 368 g/mol. The van der Waals surface area contributed by atoms with E-state index < -0.39 is 0 Å². The van der Waals surface area contributed by atoms with E-state index in [0.717, 1.165) is 0 Å². The van der Waals surface area contributed by atoms with Crippen molar-refractivity contribution in [1.82, 2.24) is 20.4 Å². The van der Waals surface area contributed by atoms with E-state index >= 15 is 0 Å². The molecule has 4 heteroatoms. The minimum Gasteiger partial charge on any atom is -0.307 e. The van der Waals surface area contributed by atoms with Crippen LogP contribution in [0, 0.1) is 0 Å². The molecule has 0 amide bonds. The van der Waals surface area contributed by atoms with Crippen LogP contribution in [0.1, 0.15) is 114 Å². The molecule has 0 saturated carbocycles. The lowest BCUT2D eigenvalue weighted by Gasteiger charge is -2.58. The first-order valence-corrected chi connectivity index (χ1v) is 12.8. The highest BCUT2D eigenvalue weighted by Gasteiger charge is 2.47. The lowest BCUT2D eigenvalue weighted by atomic mass is 9.77. The topological polar surface area (TPSA) is 30.5 Å². The molecule has 3 saturated heterocycles. The second kappa shape index (κ2) is 8.65. The second-order valence-electron chi connectivity index (χ2n) is 13.4. The summed E-state index contributed by atoms with van der Waals surface area (Å²) in [5.74, 6) is 0. The SMILES string of the molecule is CCCCC1N(C2CC(C)(C)NC(C)(C)C2)CCCN1C1CC(C)(C)NC(C)(C)C1. The van der Waals surface area contributed by atoms with E-state index in [9.17, 15) is 0 Å². The van der Waals surface area contributed by atoms with Gasteiger partial charge in [0.2, 0.25) is 0 Å². The molecule has 176 valence electrons. The summed E-state index contributed by atoms with van der Waals surface area (Å²) >= 11 is 0. The van der Waals surface area contributed by atoms with Crippen molar-refractivity contribution in [3.8, 4) is 0 Å². The Hall–Kier alpha value is -0.160. The number of hydrogen-bond acceptors (Lipinski definition) is 4. The normalized spacial score (nSPS) is 31.1. The zero-order valence-electron chi connectivity index (χ0n) is 21.7. The molecular formula is C26H52N4. The highest BCUT2D eigenvalue weighted by atomic mass is 15.4.